The Hall–Kier alpha value is -1.20. The number of nitrogens with zero attached hydrogens (tertiary/aromatic N) is 1. The molecule has 0 aliphatic rings. The first kappa shape index (κ1) is 11.9. The molecular weight excluding hydrogens is 212 g/mol. The summed E-state index contributed by atoms with van der Waals surface area (Å²) in [5.74, 6) is 0. The van der Waals surface area contributed by atoms with Gasteiger partial charge in [0.1, 0.15) is 0 Å². The van der Waals surface area contributed by atoms with E-state index in [2.05, 4.69) is 16.3 Å². The minimum atomic E-state index is -3.41. The summed E-state index contributed by atoms with van der Waals surface area (Å²) in [5.41, 5.74) is 0.713. The lowest BCUT2D eigenvalue weighted by molar-refractivity contribution is 0.552. The van der Waals surface area contributed by atoms with Crippen LogP contribution in [0, 0.1) is 0 Å². The van der Waals surface area contributed by atoms with Gasteiger partial charge in [-0.15, -0.1) is 0 Å². The van der Waals surface area contributed by atoms with Gasteiger partial charge in [0.15, 0.2) is 0 Å². The summed E-state index contributed by atoms with van der Waals surface area (Å²) in [7, 11) is -3.41. The van der Waals surface area contributed by atoms with Crippen LogP contribution in [0.1, 0.15) is 25.1 Å². The molecule has 0 aliphatic heterocycles. The Bertz CT molecular complexity index is 414. The third-order valence-electron chi connectivity index (χ3n) is 1.98. The number of hydrogen-bond donors (Lipinski definition) is 1. The molecule has 0 radical (unpaired) electrons. The molecule has 5 heteroatoms. The van der Waals surface area contributed by atoms with Crippen molar-refractivity contribution >= 4 is 10.0 Å². The Morgan fingerprint density at radius 3 is 2.80 bits per heavy atom. The van der Waals surface area contributed by atoms with Crippen LogP contribution in [0.5, 0.6) is 0 Å². The third-order valence-corrected chi connectivity index (χ3v) is 3.03. The van der Waals surface area contributed by atoms with E-state index in [0.29, 0.717) is 12.1 Å². The Balaban J connectivity index is 2.87. The summed E-state index contributed by atoms with van der Waals surface area (Å²) in [6.45, 7) is 5.14. The largest absolute Gasteiger partial charge is 0.260 e. The fourth-order valence-electron chi connectivity index (χ4n) is 1.18. The van der Waals surface area contributed by atoms with E-state index in [1.54, 1.807) is 18.3 Å². The third kappa shape index (κ3) is 3.45. The molecule has 1 N–H and O–H groups in total. The Kier molecular flexibility index (Phi) is 3.99. The van der Waals surface area contributed by atoms with Gasteiger partial charge < -0.3 is 0 Å². The molecule has 0 amide bonds. The summed E-state index contributed by atoms with van der Waals surface area (Å²) in [6, 6.07) is 5.11. The van der Waals surface area contributed by atoms with Gasteiger partial charge in [-0.3, -0.25) is 4.98 Å². The number of aromatic nitrogens is 1. The van der Waals surface area contributed by atoms with Crippen molar-refractivity contribution in [2.75, 3.05) is 0 Å². The van der Waals surface area contributed by atoms with Crippen LogP contribution in [0.2, 0.25) is 0 Å². The summed E-state index contributed by atoms with van der Waals surface area (Å²) in [4.78, 5) is 4.11. The molecule has 15 heavy (non-hydrogen) atoms. The van der Waals surface area contributed by atoms with Gasteiger partial charge in [0.05, 0.1) is 11.7 Å². The van der Waals surface area contributed by atoms with Crippen LogP contribution in [-0.4, -0.2) is 13.4 Å². The molecule has 0 aromatic carbocycles. The van der Waals surface area contributed by atoms with Crippen molar-refractivity contribution in [2.24, 2.45) is 0 Å². The SMILES string of the molecule is C=CS(=O)(=O)N[C@@H](CC)c1ccccn1. The fraction of sp³-hybridized carbons (Fsp3) is 0.300. The van der Waals surface area contributed by atoms with Crippen molar-refractivity contribution in [1.82, 2.24) is 9.71 Å². The van der Waals surface area contributed by atoms with Crippen molar-refractivity contribution < 1.29 is 8.42 Å². The smallest absolute Gasteiger partial charge is 0.233 e. The first-order valence-corrected chi connectivity index (χ1v) is 6.19. The van der Waals surface area contributed by atoms with E-state index in [9.17, 15) is 8.42 Å². The van der Waals surface area contributed by atoms with Crippen LogP contribution in [0.4, 0.5) is 0 Å². The molecule has 82 valence electrons. The standard InChI is InChI=1S/C10H14N2O2S/c1-3-9(12-15(13,14)4-2)10-7-5-6-8-11-10/h4-9,12H,2-3H2,1H3/t9-/m0/s1. The Morgan fingerprint density at radius 2 is 2.33 bits per heavy atom. The van der Waals surface area contributed by atoms with Crippen molar-refractivity contribution in [3.05, 3.63) is 42.1 Å². The molecule has 0 unspecified atom stereocenters. The quantitative estimate of drug-likeness (QED) is 0.829. The van der Waals surface area contributed by atoms with Crippen LogP contribution >= 0.6 is 0 Å². The van der Waals surface area contributed by atoms with Gasteiger partial charge in [-0.1, -0.05) is 19.6 Å². The normalized spacial score (nSPS) is 13.4. The minimum Gasteiger partial charge on any atom is -0.260 e. The summed E-state index contributed by atoms with van der Waals surface area (Å²) in [6.07, 6.45) is 2.28. The summed E-state index contributed by atoms with van der Waals surface area (Å²) in [5, 5.41) is 0.901. The molecular formula is C10H14N2O2S. The second-order valence-electron chi connectivity index (χ2n) is 3.04. The van der Waals surface area contributed by atoms with Crippen LogP contribution in [0.15, 0.2) is 36.4 Å². The molecule has 0 aliphatic carbocycles. The Morgan fingerprint density at radius 1 is 1.60 bits per heavy atom. The molecule has 0 saturated heterocycles. The molecule has 0 spiro atoms. The average Bonchev–Trinajstić information content (AvgIpc) is 2.27. The molecule has 0 fully saturated rings. The second kappa shape index (κ2) is 5.04. The molecule has 1 rings (SSSR count). The molecule has 1 atom stereocenters. The molecule has 1 heterocycles. The zero-order valence-electron chi connectivity index (χ0n) is 8.55. The number of pyridine rings is 1. The van der Waals surface area contributed by atoms with Crippen molar-refractivity contribution in [3.63, 3.8) is 0 Å². The lowest BCUT2D eigenvalue weighted by atomic mass is 10.1. The fourth-order valence-corrected chi connectivity index (χ4v) is 1.96. The van der Waals surface area contributed by atoms with Crippen molar-refractivity contribution in [1.29, 1.82) is 0 Å². The topological polar surface area (TPSA) is 59.1 Å². The number of rotatable bonds is 5. The predicted molar refractivity (Wildman–Crippen MR) is 59.5 cm³/mol. The summed E-state index contributed by atoms with van der Waals surface area (Å²) < 4.78 is 25.1. The first-order valence-electron chi connectivity index (χ1n) is 4.64. The zero-order chi connectivity index (χ0) is 11.3. The van der Waals surface area contributed by atoms with Crippen LogP contribution in [0.3, 0.4) is 0 Å². The maximum absolute atomic E-state index is 11.3. The molecule has 1 aromatic rings. The molecule has 0 saturated carbocycles. The lowest BCUT2D eigenvalue weighted by Crippen LogP contribution is -2.26. The van der Waals surface area contributed by atoms with Gasteiger partial charge >= 0.3 is 0 Å². The maximum Gasteiger partial charge on any atom is 0.233 e. The van der Waals surface area contributed by atoms with E-state index in [4.69, 9.17) is 0 Å². The van der Waals surface area contributed by atoms with E-state index in [0.717, 1.165) is 5.41 Å². The predicted octanol–water partition coefficient (Wildman–Crippen LogP) is 1.60. The highest BCUT2D eigenvalue weighted by molar-refractivity contribution is 7.92. The van der Waals surface area contributed by atoms with Crippen LogP contribution < -0.4 is 4.72 Å². The van der Waals surface area contributed by atoms with Gasteiger partial charge in [-0.25, -0.2) is 13.1 Å². The number of hydrogen-bond acceptors (Lipinski definition) is 3. The van der Waals surface area contributed by atoms with Crippen molar-refractivity contribution in [3.8, 4) is 0 Å². The lowest BCUT2D eigenvalue weighted by Gasteiger charge is -2.14. The van der Waals surface area contributed by atoms with E-state index >= 15 is 0 Å². The molecule has 1 aromatic heterocycles. The second-order valence-corrected chi connectivity index (χ2v) is 4.70. The van der Waals surface area contributed by atoms with Gasteiger partial charge in [-0.2, -0.15) is 0 Å². The number of sulfonamides is 1. The average molecular weight is 226 g/mol. The minimum absolute atomic E-state index is 0.297. The van der Waals surface area contributed by atoms with E-state index in [1.165, 1.54) is 0 Å². The monoisotopic (exact) mass is 226 g/mol. The molecule has 4 nitrogen and oxygen atoms in total. The Labute approximate surface area is 90.1 Å². The van der Waals surface area contributed by atoms with E-state index in [1.807, 2.05) is 13.0 Å². The van der Waals surface area contributed by atoms with Gasteiger partial charge in [-0.05, 0) is 18.6 Å². The van der Waals surface area contributed by atoms with Gasteiger partial charge in [0, 0.05) is 11.6 Å². The van der Waals surface area contributed by atoms with E-state index in [-0.39, 0.29) is 6.04 Å². The first-order chi connectivity index (χ1) is 7.09. The van der Waals surface area contributed by atoms with Gasteiger partial charge in [0.25, 0.3) is 0 Å². The highest BCUT2D eigenvalue weighted by Crippen LogP contribution is 2.14. The highest BCUT2D eigenvalue weighted by Gasteiger charge is 2.15. The zero-order valence-corrected chi connectivity index (χ0v) is 9.37. The maximum atomic E-state index is 11.3. The highest BCUT2D eigenvalue weighted by atomic mass is 32.2. The van der Waals surface area contributed by atoms with Crippen molar-refractivity contribution in [2.45, 2.75) is 19.4 Å². The van der Waals surface area contributed by atoms with Crippen LogP contribution in [-0.2, 0) is 10.0 Å². The summed E-state index contributed by atoms with van der Waals surface area (Å²) >= 11 is 0. The van der Waals surface area contributed by atoms with Crippen LogP contribution in [0.25, 0.3) is 0 Å². The molecule has 0 bridgehead atoms. The number of nitrogens with one attached hydrogen (secondary N) is 1. The van der Waals surface area contributed by atoms with E-state index < -0.39 is 10.0 Å². The van der Waals surface area contributed by atoms with Gasteiger partial charge in [0.2, 0.25) is 10.0 Å².